The molecule has 7 nitrogen and oxygen atoms in total. The van der Waals surface area contributed by atoms with Crippen molar-refractivity contribution in [2.24, 2.45) is 0 Å². The number of Topliss-reactive ketones (excluding diaryl/α,β-unsaturated/α-hetero) is 1. The number of nitrogens with one attached hydrogen (secondary N) is 1. The van der Waals surface area contributed by atoms with Crippen LogP contribution in [-0.2, 0) is 19.6 Å². The molecule has 1 aliphatic rings. The molecular weight excluding hydrogens is 308 g/mol. The minimum Gasteiger partial charge on any atom is -0.479 e. The van der Waals surface area contributed by atoms with E-state index in [0.29, 0.717) is 11.4 Å². The molecule has 1 aromatic carbocycles. The van der Waals surface area contributed by atoms with Gasteiger partial charge in [-0.3, -0.25) is 9.59 Å². The fourth-order valence-corrected chi connectivity index (χ4v) is 3.15. The van der Waals surface area contributed by atoms with E-state index in [0.717, 1.165) is 0 Å². The Labute approximate surface area is 129 Å². The Bertz CT molecular complexity index is 714. The molecule has 0 aliphatic carbocycles. The van der Waals surface area contributed by atoms with Crippen molar-refractivity contribution in [2.45, 2.75) is 31.3 Å². The third-order valence-corrected chi connectivity index (χ3v) is 4.81. The van der Waals surface area contributed by atoms with Crippen molar-refractivity contribution in [3.05, 3.63) is 18.2 Å². The van der Waals surface area contributed by atoms with Crippen molar-refractivity contribution >= 4 is 27.4 Å². The monoisotopic (exact) mass is 326 g/mol. The lowest BCUT2D eigenvalue weighted by atomic mass is 10.2. The minimum atomic E-state index is -3.74. The highest BCUT2D eigenvalue weighted by atomic mass is 32.2. The molecule has 8 heteroatoms. The normalized spacial score (nSPS) is 17.9. The Hall–Kier alpha value is -1.93. The summed E-state index contributed by atoms with van der Waals surface area (Å²) < 4.78 is 32.2. The van der Waals surface area contributed by atoms with E-state index in [9.17, 15) is 18.0 Å². The van der Waals surface area contributed by atoms with Crippen LogP contribution in [0.2, 0.25) is 0 Å². The average molecular weight is 326 g/mol. The van der Waals surface area contributed by atoms with Crippen LogP contribution < -0.4 is 14.4 Å². The molecule has 0 saturated carbocycles. The third kappa shape index (κ3) is 3.28. The van der Waals surface area contributed by atoms with Gasteiger partial charge in [0.25, 0.3) is 5.91 Å². The molecule has 1 N–H and O–H groups in total. The first-order valence-corrected chi connectivity index (χ1v) is 8.28. The number of benzene rings is 1. The van der Waals surface area contributed by atoms with E-state index in [1.165, 1.54) is 30.0 Å². The van der Waals surface area contributed by atoms with Crippen molar-refractivity contribution < 1.29 is 22.7 Å². The molecule has 1 aliphatic heterocycles. The number of anilines is 1. The van der Waals surface area contributed by atoms with E-state index in [2.05, 4.69) is 4.72 Å². The zero-order chi connectivity index (χ0) is 16.5. The lowest BCUT2D eigenvalue weighted by Gasteiger charge is -2.30. The highest BCUT2D eigenvalue weighted by Gasteiger charge is 2.30. The summed E-state index contributed by atoms with van der Waals surface area (Å²) in [6.07, 6.45) is -0.475. The van der Waals surface area contributed by atoms with Crippen molar-refractivity contribution in [1.29, 1.82) is 0 Å². The van der Waals surface area contributed by atoms with E-state index in [1.54, 1.807) is 14.0 Å². The van der Waals surface area contributed by atoms with Crippen LogP contribution in [0.4, 0.5) is 5.69 Å². The van der Waals surface area contributed by atoms with Crippen molar-refractivity contribution in [1.82, 2.24) is 4.72 Å². The number of fused-ring (bicyclic) bond motifs is 1. The zero-order valence-corrected chi connectivity index (χ0v) is 13.4. The summed E-state index contributed by atoms with van der Waals surface area (Å²) in [7, 11) is -2.17. The molecule has 0 spiro atoms. The number of carbonyl (C=O) groups is 2. The maximum absolute atomic E-state index is 12.2. The molecule has 1 heterocycles. The number of ketones is 1. The van der Waals surface area contributed by atoms with Crippen LogP contribution in [-0.4, -0.2) is 39.8 Å². The van der Waals surface area contributed by atoms with Gasteiger partial charge in [-0.15, -0.1) is 0 Å². The van der Waals surface area contributed by atoms with Gasteiger partial charge >= 0.3 is 0 Å². The summed E-state index contributed by atoms with van der Waals surface area (Å²) in [5, 5.41) is 0. The molecule has 2 rings (SSSR count). The number of hydrogen-bond donors (Lipinski definition) is 1. The number of likely N-dealkylation sites (N-methyl/N-ethyl adjacent to an activating group) is 1. The predicted octanol–water partition coefficient (Wildman–Crippen LogP) is 0.688. The van der Waals surface area contributed by atoms with Gasteiger partial charge in [-0.1, -0.05) is 0 Å². The molecule has 120 valence electrons. The van der Waals surface area contributed by atoms with E-state index >= 15 is 0 Å². The van der Waals surface area contributed by atoms with E-state index in [4.69, 9.17) is 4.74 Å². The van der Waals surface area contributed by atoms with Crippen LogP contribution in [0.25, 0.3) is 0 Å². The lowest BCUT2D eigenvalue weighted by Crippen LogP contribution is -2.42. The van der Waals surface area contributed by atoms with Gasteiger partial charge in [-0.25, -0.2) is 13.1 Å². The summed E-state index contributed by atoms with van der Waals surface area (Å²) in [6, 6.07) is 4.31. The van der Waals surface area contributed by atoms with Gasteiger partial charge in [0.15, 0.2) is 6.10 Å². The zero-order valence-electron chi connectivity index (χ0n) is 12.6. The molecule has 1 amide bonds. The first-order chi connectivity index (χ1) is 10.2. The lowest BCUT2D eigenvalue weighted by molar-refractivity contribution is -0.125. The van der Waals surface area contributed by atoms with Crippen LogP contribution in [0.5, 0.6) is 5.75 Å². The van der Waals surface area contributed by atoms with Crippen LogP contribution in [0.1, 0.15) is 20.3 Å². The standard InChI is InChI=1S/C14H18N2O5S/c1-9(17)6-7-15-22(19,20)11-4-5-13-12(8-11)16(3)14(18)10(2)21-13/h4-5,8,10,15H,6-7H2,1-3H3. The number of hydrogen-bond acceptors (Lipinski definition) is 5. The Morgan fingerprint density at radius 1 is 1.41 bits per heavy atom. The first-order valence-electron chi connectivity index (χ1n) is 6.80. The maximum Gasteiger partial charge on any atom is 0.267 e. The second-order valence-electron chi connectivity index (χ2n) is 5.14. The quantitative estimate of drug-likeness (QED) is 0.859. The fraction of sp³-hybridized carbons (Fsp3) is 0.429. The molecule has 1 aromatic rings. The molecule has 0 radical (unpaired) electrons. The molecule has 22 heavy (non-hydrogen) atoms. The van der Waals surface area contributed by atoms with Crippen LogP contribution in [0.3, 0.4) is 0 Å². The minimum absolute atomic E-state index is 0.0209. The number of ether oxygens (including phenoxy) is 1. The molecule has 0 aromatic heterocycles. The Morgan fingerprint density at radius 2 is 2.09 bits per heavy atom. The second-order valence-corrected chi connectivity index (χ2v) is 6.90. The fourth-order valence-electron chi connectivity index (χ4n) is 2.10. The highest BCUT2D eigenvalue weighted by Crippen LogP contribution is 2.34. The summed E-state index contributed by atoms with van der Waals surface area (Å²) >= 11 is 0. The number of sulfonamides is 1. The van der Waals surface area contributed by atoms with Gasteiger partial charge in [-0.05, 0) is 32.0 Å². The number of rotatable bonds is 5. The number of nitrogens with zero attached hydrogens (tertiary/aromatic N) is 1. The molecule has 0 bridgehead atoms. The largest absolute Gasteiger partial charge is 0.479 e. The molecule has 0 fully saturated rings. The van der Waals surface area contributed by atoms with Gasteiger partial charge < -0.3 is 9.64 Å². The Kier molecular flexibility index (Phi) is 4.52. The van der Waals surface area contributed by atoms with Crippen LogP contribution in [0, 0.1) is 0 Å². The summed E-state index contributed by atoms with van der Waals surface area (Å²) in [6.45, 7) is 3.07. The summed E-state index contributed by atoms with van der Waals surface area (Å²) in [4.78, 5) is 24.2. The summed E-state index contributed by atoms with van der Waals surface area (Å²) in [5.74, 6) is 0.115. The first kappa shape index (κ1) is 16.4. The van der Waals surface area contributed by atoms with Crippen molar-refractivity contribution in [2.75, 3.05) is 18.5 Å². The number of carbonyl (C=O) groups excluding carboxylic acids is 2. The number of amides is 1. The van der Waals surface area contributed by atoms with Crippen LogP contribution >= 0.6 is 0 Å². The van der Waals surface area contributed by atoms with E-state index in [-0.39, 0.29) is 29.6 Å². The second kappa shape index (κ2) is 6.05. The Morgan fingerprint density at radius 3 is 2.73 bits per heavy atom. The Balaban J connectivity index is 2.27. The van der Waals surface area contributed by atoms with Crippen molar-refractivity contribution in [3.8, 4) is 5.75 Å². The maximum atomic E-state index is 12.2. The average Bonchev–Trinajstić information content (AvgIpc) is 2.44. The van der Waals surface area contributed by atoms with Crippen molar-refractivity contribution in [3.63, 3.8) is 0 Å². The molecular formula is C14H18N2O5S. The molecule has 1 atom stereocenters. The molecule has 1 unspecified atom stereocenters. The topological polar surface area (TPSA) is 92.8 Å². The predicted molar refractivity (Wildman–Crippen MR) is 80.4 cm³/mol. The molecule has 0 saturated heterocycles. The van der Waals surface area contributed by atoms with Gasteiger partial charge in [0.05, 0.1) is 10.6 Å². The highest BCUT2D eigenvalue weighted by molar-refractivity contribution is 7.89. The van der Waals surface area contributed by atoms with Gasteiger partial charge in [0, 0.05) is 20.0 Å². The van der Waals surface area contributed by atoms with Gasteiger partial charge in [-0.2, -0.15) is 0 Å². The SMILES string of the molecule is CC(=O)CCNS(=O)(=O)c1ccc2c(c1)N(C)C(=O)C(C)O2. The van der Waals surface area contributed by atoms with Crippen LogP contribution in [0.15, 0.2) is 23.1 Å². The van der Waals surface area contributed by atoms with E-state index < -0.39 is 16.1 Å². The van der Waals surface area contributed by atoms with E-state index in [1.807, 2.05) is 0 Å². The van der Waals surface area contributed by atoms with Gasteiger partial charge in [0.1, 0.15) is 11.5 Å². The smallest absolute Gasteiger partial charge is 0.267 e. The summed E-state index contributed by atoms with van der Waals surface area (Å²) in [5.41, 5.74) is 0.401. The third-order valence-electron chi connectivity index (χ3n) is 3.35. The van der Waals surface area contributed by atoms with Gasteiger partial charge in [0.2, 0.25) is 10.0 Å².